The highest BCUT2D eigenvalue weighted by Crippen LogP contribution is 2.25. The van der Waals surface area contributed by atoms with E-state index in [4.69, 9.17) is 4.74 Å². The quantitative estimate of drug-likeness (QED) is 0.758. The topological polar surface area (TPSA) is 71.5 Å². The highest BCUT2D eigenvalue weighted by molar-refractivity contribution is 9.10. The molecular formula is C16H20BrF2N3O3. The van der Waals surface area contributed by atoms with Crippen molar-refractivity contribution >= 4 is 33.7 Å². The minimum absolute atomic E-state index is 0.0450. The summed E-state index contributed by atoms with van der Waals surface area (Å²) in [5, 5.41) is 2.53. The first kappa shape index (κ1) is 19.6. The third kappa shape index (κ3) is 4.87. The first-order valence-corrected chi connectivity index (χ1v) is 8.69. The second-order valence-electron chi connectivity index (χ2n) is 6.39. The molecular weight excluding hydrogens is 400 g/mol. The second kappa shape index (κ2) is 8.07. The summed E-state index contributed by atoms with van der Waals surface area (Å²) in [5.41, 5.74) is 0.415. The summed E-state index contributed by atoms with van der Waals surface area (Å²) in [6.45, 7) is 5.32. The molecule has 6 nitrogen and oxygen atoms in total. The maximum absolute atomic E-state index is 13.8. The number of pyridine rings is 1. The molecule has 1 aliphatic heterocycles. The molecule has 2 amide bonds. The number of aryl methyl sites for hydroxylation is 1. The Bertz CT molecular complexity index is 672. The van der Waals surface area contributed by atoms with Crippen LogP contribution in [0, 0.1) is 18.7 Å². The molecule has 1 saturated heterocycles. The number of amides is 2. The van der Waals surface area contributed by atoms with Crippen LogP contribution in [0.3, 0.4) is 0 Å². The maximum Gasteiger partial charge on any atom is 0.410 e. The summed E-state index contributed by atoms with van der Waals surface area (Å²) in [5.74, 6) is -0.866. The van der Waals surface area contributed by atoms with Gasteiger partial charge < -0.3 is 10.1 Å². The summed E-state index contributed by atoms with van der Waals surface area (Å²) in [6.07, 6.45) is -2.15. The molecule has 138 valence electrons. The number of nitrogens with zero attached hydrogens (tertiary/aromatic N) is 2. The lowest BCUT2D eigenvalue weighted by Crippen LogP contribution is -2.44. The van der Waals surface area contributed by atoms with Gasteiger partial charge in [0.05, 0.1) is 13.2 Å². The molecule has 1 aromatic rings. The Morgan fingerprint density at radius 2 is 2.20 bits per heavy atom. The van der Waals surface area contributed by atoms with Crippen LogP contribution >= 0.6 is 15.9 Å². The Hall–Kier alpha value is -1.77. The number of aromatic nitrogens is 1. The Labute approximate surface area is 153 Å². The van der Waals surface area contributed by atoms with Crippen LogP contribution < -0.4 is 5.32 Å². The van der Waals surface area contributed by atoms with Crippen molar-refractivity contribution in [2.45, 2.75) is 39.4 Å². The van der Waals surface area contributed by atoms with E-state index < -0.39 is 30.0 Å². The standard InChI is InChI=1S/C16H20BrF2N3O3/c1-8(2)7-25-16(24)22-6-10(18)5-12(22)15(23)21-14-9(3)4-11(19)13(17)20-14/h4,8,10,12H,5-7H2,1-3H3,(H,20,21,23). The van der Waals surface area contributed by atoms with E-state index in [1.165, 1.54) is 6.07 Å². The van der Waals surface area contributed by atoms with E-state index >= 15 is 0 Å². The molecule has 0 aromatic carbocycles. The van der Waals surface area contributed by atoms with Crippen LogP contribution in [0.25, 0.3) is 0 Å². The van der Waals surface area contributed by atoms with Crippen LogP contribution in [-0.2, 0) is 9.53 Å². The zero-order valence-electron chi connectivity index (χ0n) is 14.2. The normalized spacial score (nSPS) is 20.0. The third-order valence-electron chi connectivity index (χ3n) is 3.69. The van der Waals surface area contributed by atoms with Crippen molar-refractivity contribution in [2.24, 2.45) is 5.92 Å². The summed E-state index contributed by atoms with van der Waals surface area (Å²) in [6, 6.07) is 0.216. The Balaban J connectivity index is 2.11. The smallest absolute Gasteiger partial charge is 0.410 e. The molecule has 1 aromatic heterocycles. The molecule has 1 fully saturated rings. The highest BCUT2D eigenvalue weighted by Gasteiger charge is 2.41. The third-order valence-corrected chi connectivity index (χ3v) is 4.25. The molecule has 1 N–H and O–H groups in total. The number of carbonyl (C=O) groups excluding carboxylic acids is 2. The summed E-state index contributed by atoms with van der Waals surface area (Å²) < 4.78 is 32.2. The van der Waals surface area contributed by atoms with Crippen LogP contribution in [-0.4, -0.2) is 47.2 Å². The lowest BCUT2D eigenvalue weighted by molar-refractivity contribution is -0.120. The number of nitrogens with one attached hydrogen (secondary N) is 1. The minimum Gasteiger partial charge on any atom is -0.449 e. The molecule has 9 heteroatoms. The van der Waals surface area contributed by atoms with E-state index in [1.807, 2.05) is 13.8 Å². The zero-order valence-corrected chi connectivity index (χ0v) is 15.8. The monoisotopic (exact) mass is 419 g/mol. The summed E-state index contributed by atoms with van der Waals surface area (Å²) in [7, 11) is 0. The molecule has 2 rings (SSSR count). The first-order valence-electron chi connectivity index (χ1n) is 7.90. The molecule has 0 saturated carbocycles. The summed E-state index contributed by atoms with van der Waals surface area (Å²) in [4.78, 5) is 29.6. The van der Waals surface area contributed by atoms with Gasteiger partial charge in [0.25, 0.3) is 0 Å². The van der Waals surface area contributed by atoms with Gasteiger partial charge in [-0.2, -0.15) is 0 Å². The van der Waals surface area contributed by atoms with E-state index in [1.54, 1.807) is 6.92 Å². The van der Waals surface area contributed by atoms with E-state index in [9.17, 15) is 18.4 Å². The van der Waals surface area contributed by atoms with Crippen LogP contribution in [0.4, 0.5) is 19.4 Å². The summed E-state index contributed by atoms with van der Waals surface area (Å²) >= 11 is 2.95. The van der Waals surface area contributed by atoms with Crippen LogP contribution in [0.2, 0.25) is 0 Å². The van der Waals surface area contributed by atoms with Crippen molar-refractivity contribution in [1.82, 2.24) is 9.88 Å². The zero-order chi connectivity index (χ0) is 18.7. The average Bonchev–Trinajstić information content (AvgIpc) is 2.92. The fourth-order valence-corrected chi connectivity index (χ4v) is 2.73. The largest absolute Gasteiger partial charge is 0.449 e. The van der Waals surface area contributed by atoms with Crippen molar-refractivity contribution in [3.63, 3.8) is 0 Å². The van der Waals surface area contributed by atoms with Gasteiger partial charge in [0.15, 0.2) is 5.82 Å². The van der Waals surface area contributed by atoms with E-state index in [0.717, 1.165) is 4.90 Å². The molecule has 0 bridgehead atoms. The predicted octanol–water partition coefficient (Wildman–Crippen LogP) is 3.44. The van der Waals surface area contributed by atoms with Gasteiger partial charge in [-0.25, -0.2) is 18.6 Å². The maximum atomic E-state index is 13.8. The van der Waals surface area contributed by atoms with E-state index in [-0.39, 0.29) is 35.9 Å². The number of likely N-dealkylation sites (tertiary alicyclic amines) is 1. The number of halogens is 3. The highest BCUT2D eigenvalue weighted by atomic mass is 79.9. The van der Waals surface area contributed by atoms with Gasteiger partial charge in [0, 0.05) is 6.42 Å². The Kier molecular flexibility index (Phi) is 6.31. The van der Waals surface area contributed by atoms with E-state index in [0.29, 0.717) is 5.56 Å². The second-order valence-corrected chi connectivity index (χ2v) is 7.14. The van der Waals surface area contributed by atoms with Crippen molar-refractivity contribution in [3.8, 4) is 0 Å². The first-order chi connectivity index (χ1) is 11.7. The molecule has 2 atom stereocenters. The Morgan fingerprint density at radius 3 is 2.84 bits per heavy atom. The molecule has 2 heterocycles. The van der Waals surface area contributed by atoms with Crippen molar-refractivity contribution in [1.29, 1.82) is 0 Å². The van der Waals surface area contributed by atoms with Gasteiger partial charge >= 0.3 is 6.09 Å². The molecule has 0 spiro atoms. The van der Waals surface area contributed by atoms with Crippen LogP contribution in [0.5, 0.6) is 0 Å². The van der Waals surface area contributed by atoms with Gasteiger partial charge in [0.2, 0.25) is 5.91 Å². The number of anilines is 1. The molecule has 1 aliphatic rings. The Morgan fingerprint density at radius 1 is 1.52 bits per heavy atom. The molecule has 25 heavy (non-hydrogen) atoms. The SMILES string of the molecule is Cc1cc(F)c(Br)nc1NC(=O)C1CC(F)CN1C(=O)OCC(C)C. The van der Waals surface area contributed by atoms with Crippen molar-refractivity contribution in [3.05, 3.63) is 22.1 Å². The lowest BCUT2D eigenvalue weighted by atomic mass is 10.2. The number of rotatable bonds is 4. The number of alkyl halides is 1. The minimum atomic E-state index is -1.31. The van der Waals surface area contributed by atoms with Crippen molar-refractivity contribution in [2.75, 3.05) is 18.5 Å². The van der Waals surface area contributed by atoms with Gasteiger partial charge in [-0.3, -0.25) is 9.69 Å². The molecule has 2 unspecified atom stereocenters. The molecule has 0 aliphatic carbocycles. The average molecular weight is 420 g/mol. The predicted molar refractivity (Wildman–Crippen MR) is 91.5 cm³/mol. The lowest BCUT2D eigenvalue weighted by Gasteiger charge is -2.23. The van der Waals surface area contributed by atoms with E-state index in [2.05, 4.69) is 26.2 Å². The number of hydrogen-bond donors (Lipinski definition) is 1. The number of ether oxygens (including phenoxy) is 1. The number of hydrogen-bond acceptors (Lipinski definition) is 4. The fourth-order valence-electron chi connectivity index (χ4n) is 2.44. The van der Waals surface area contributed by atoms with Crippen molar-refractivity contribution < 1.29 is 23.1 Å². The van der Waals surface area contributed by atoms with Gasteiger partial charge in [-0.05, 0) is 40.4 Å². The van der Waals surface area contributed by atoms with Crippen LogP contribution in [0.1, 0.15) is 25.8 Å². The molecule has 0 radical (unpaired) electrons. The van der Waals surface area contributed by atoms with Gasteiger partial charge in [-0.1, -0.05) is 13.8 Å². The van der Waals surface area contributed by atoms with Crippen LogP contribution in [0.15, 0.2) is 10.7 Å². The van der Waals surface area contributed by atoms with Gasteiger partial charge in [0.1, 0.15) is 22.6 Å². The fraction of sp³-hybridized carbons (Fsp3) is 0.562. The van der Waals surface area contributed by atoms with Gasteiger partial charge in [-0.15, -0.1) is 0 Å². The number of carbonyl (C=O) groups is 2.